The summed E-state index contributed by atoms with van der Waals surface area (Å²) in [6, 6.07) is 7.98. The van der Waals surface area contributed by atoms with Crippen molar-refractivity contribution in [3.63, 3.8) is 0 Å². The number of nitrogen functional groups attached to an aromatic ring is 1. The Labute approximate surface area is 133 Å². The van der Waals surface area contributed by atoms with Gasteiger partial charge in [-0.25, -0.2) is 4.98 Å². The number of nitrogens with one attached hydrogen (secondary N) is 3. The van der Waals surface area contributed by atoms with E-state index >= 15 is 0 Å². The normalized spacial score (nSPS) is 15.1. The van der Waals surface area contributed by atoms with Gasteiger partial charge in [0, 0.05) is 17.4 Å². The minimum absolute atomic E-state index is 0.469. The molecule has 7 nitrogen and oxygen atoms in total. The predicted molar refractivity (Wildman–Crippen MR) is 91.7 cm³/mol. The summed E-state index contributed by atoms with van der Waals surface area (Å²) >= 11 is 0. The minimum Gasteiger partial charge on any atom is -0.399 e. The molecule has 1 aromatic carbocycles. The van der Waals surface area contributed by atoms with E-state index in [1.54, 1.807) is 6.33 Å². The number of aromatic amines is 1. The molecule has 7 heteroatoms. The van der Waals surface area contributed by atoms with Crippen molar-refractivity contribution in [1.82, 2.24) is 19.9 Å². The van der Waals surface area contributed by atoms with Gasteiger partial charge in [0.25, 0.3) is 0 Å². The second kappa shape index (κ2) is 5.75. The molecule has 1 aliphatic rings. The van der Waals surface area contributed by atoms with E-state index in [9.17, 15) is 0 Å². The average Bonchev–Trinajstić information content (AvgIpc) is 3.18. The lowest BCUT2D eigenvalue weighted by atomic mass is 10.2. The van der Waals surface area contributed by atoms with Crippen LogP contribution in [0.3, 0.4) is 0 Å². The van der Waals surface area contributed by atoms with Gasteiger partial charge in [-0.15, -0.1) is 0 Å². The first-order chi connectivity index (χ1) is 11.3. The van der Waals surface area contributed by atoms with Gasteiger partial charge in [0.05, 0.1) is 6.33 Å². The molecule has 0 atom stereocenters. The summed E-state index contributed by atoms with van der Waals surface area (Å²) < 4.78 is 0. The van der Waals surface area contributed by atoms with Gasteiger partial charge in [0.15, 0.2) is 11.5 Å². The van der Waals surface area contributed by atoms with Gasteiger partial charge < -0.3 is 21.4 Å². The van der Waals surface area contributed by atoms with Crippen LogP contribution < -0.4 is 16.4 Å². The topological polar surface area (TPSA) is 105 Å². The Morgan fingerprint density at radius 2 is 2.04 bits per heavy atom. The van der Waals surface area contributed by atoms with E-state index < -0.39 is 0 Å². The van der Waals surface area contributed by atoms with E-state index in [4.69, 9.17) is 5.73 Å². The van der Waals surface area contributed by atoms with Crippen LogP contribution in [0.25, 0.3) is 11.2 Å². The summed E-state index contributed by atoms with van der Waals surface area (Å²) in [5.41, 5.74) is 8.85. The van der Waals surface area contributed by atoms with Crippen LogP contribution in [0, 0.1) is 0 Å². The van der Waals surface area contributed by atoms with Crippen LogP contribution in [-0.4, -0.2) is 26.0 Å². The molecule has 1 saturated carbocycles. The highest BCUT2D eigenvalue weighted by atomic mass is 15.2. The molecule has 0 radical (unpaired) electrons. The number of aromatic nitrogens is 4. The highest BCUT2D eigenvalue weighted by Crippen LogP contribution is 2.26. The molecule has 0 bridgehead atoms. The second-order valence-corrected chi connectivity index (χ2v) is 5.87. The zero-order chi connectivity index (χ0) is 15.6. The first-order valence-corrected chi connectivity index (χ1v) is 7.88. The van der Waals surface area contributed by atoms with Gasteiger partial charge in [-0.1, -0.05) is 18.9 Å². The van der Waals surface area contributed by atoms with E-state index in [0.29, 0.717) is 23.3 Å². The Bertz CT molecular complexity index is 820. The largest absolute Gasteiger partial charge is 0.399 e. The molecule has 1 aliphatic carbocycles. The third kappa shape index (κ3) is 2.90. The van der Waals surface area contributed by atoms with Gasteiger partial charge in [0.1, 0.15) is 5.52 Å². The number of anilines is 4. The second-order valence-electron chi connectivity index (χ2n) is 5.87. The summed E-state index contributed by atoms with van der Waals surface area (Å²) in [5.74, 6) is 1.31. The minimum atomic E-state index is 0.469. The Kier molecular flexibility index (Phi) is 3.45. The molecule has 5 N–H and O–H groups in total. The third-order valence-corrected chi connectivity index (χ3v) is 4.12. The van der Waals surface area contributed by atoms with Gasteiger partial charge in [0.2, 0.25) is 5.95 Å². The molecule has 0 spiro atoms. The van der Waals surface area contributed by atoms with Crippen molar-refractivity contribution in [2.45, 2.75) is 31.7 Å². The SMILES string of the molecule is Nc1cccc(Nc2nc(NC3CCCC3)c3[nH]cnc3n2)c1. The maximum Gasteiger partial charge on any atom is 0.231 e. The Morgan fingerprint density at radius 3 is 2.87 bits per heavy atom. The molecule has 118 valence electrons. The van der Waals surface area contributed by atoms with Crippen LogP contribution in [0.1, 0.15) is 25.7 Å². The fraction of sp³-hybridized carbons (Fsp3) is 0.312. The number of benzene rings is 1. The van der Waals surface area contributed by atoms with Crippen molar-refractivity contribution in [2.24, 2.45) is 0 Å². The van der Waals surface area contributed by atoms with Crippen molar-refractivity contribution >= 4 is 34.3 Å². The number of imidazole rings is 1. The molecule has 2 heterocycles. The van der Waals surface area contributed by atoms with Gasteiger partial charge in [-0.2, -0.15) is 9.97 Å². The van der Waals surface area contributed by atoms with E-state index in [1.165, 1.54) is 25.7 Å². The number of H-pyrrole nitrogens is 1. The van der Waals surface area contributed by atoms with Crippen molar-refractivity contribution in [3.05, 3.63) is 30.6 Å². The fourth-order valence-corrected chi connectivity index (χ4v) is 3.00. The summed E-state index contributed by atoms with van der Waals surface area (Å²) in [6.07, 6.45) is 6.53. The number of nitrogens with two attached hydrogens (primary N) is 1. The maximum atomic E-state index is 5.81. The summed E-state index contributed by atoms with van der Waals surface area (Å²) in [5, 5.41) is 6.72. The molecule has 4 rings (SSSR count). The highest BCUT2D eigenvalue weighted by Gasteiger charge is 2.18. The maximum absolute atomic E-state index is 5.81. The number of rotatable bonds is 4. The van der Waals surface area contributed by atoms with Crippen LogP contribution in [-0.2, 0) is 0 Å². The number of fused-ring (bicyclic) bond motifs is 1. The third-order valence-electron chi connectivity index (χ3n) is 4.12. The molecule has 1 fully saturated rings. The summed E-state index contributed by atoms with van der Waals surface area (Å²) in [4.78, 5) is 16.4. The summed E-state index contributed by atoms with van der Waals surface area (Å²) in [6.45, 7) is 0. The average molecular weight is 309 g/mol. The zero-order valence-electron chi connectivity index (χ0n) is 12.7. The van der Waals surface area contributed by atoms with Gasteiger partial charge in [-0.05, 0) is 31.0 Å². The van der Waals surface area contributed by atoms with E-state index in [2.05, 4.69) is 30.6 Å². The van der Waals surface area contributed by atoms with Crippen LogP contribution in [0.4, 0.5) is 23.1 Å². The van der Waals surface area contributed by atoms with Crippen LogP contribution in [0.5, 0.6) is 0 Å². The Balaban J connectivity index is 1.66. The number of hydrogen-bond donors (Lipinski definition) is 4. The highest BCUT2D eigenvalue weighted by molar-refractivity contribution is 5.84. The Hall–Kier alpha value is -2.83. The zero-order valence-corrected chi connectivity index (χ0v) is 12.7. The molecular weight excluding hydrogens is 290 g/mol. The molecule has 0 aliphatic heterocycles. The van der Waals surface area contributed by atoms with Crippen molar-refractivity contribution in [3.8, 4) is 0 Å². The van der Waals surface area contributed by atoms with Crippen molar-refractivity contribution < 1.29 is 0 Å². The van der Waals surface area contributed by atoms with Crippen LogP contribution in [0.2, 0.25) is 0 Å². The smallest absolute Gasteiger partial charge is 0.231 e. The molecule has 0 amide bonds. The van der Waals surface area contributed by atoms with Crippen LogP contribution in [0.15, 0.2) is 30.6 Å². The first-order valence-electron chi connectivity index (χ1n) is 7.88. The predicted octanol–water partition coefficient (Wildman–Crippen LogP) is 3.03. The molecular formula is C16H19N7. The standard InChI is InChI=1S/C16H19N7/c17-10-4-3-7-12(8-10)21-16-22-14-13(18-9-19-14)15(23-16)20-11-5-1-2-6-11/h3-4,7-9,11H,1-2,5-6,17H2,(H3,18,19,20,21,22,23). The molecule has 3 aromatic rings. The fourth-order valence-electron chi connectivity index (χ4n) is 3.00. The van der Waals surface area contributed by atoms with Crippen molar-refractivity contribution in [2.75, 3.05) is 16.4 Å². The van der Waals surface area contributed by atoms with E-state index in [-0.39, 0.29) is 0 Å². The lowest BCUT2D eigenvalue weighted by Gasteiger charge is -2.14. The van der Waals surface area contributed by atoms with E-state index in [1.807, 2.05) is 24.3 Å². The quantitative estimate of drug-likeness (QED) is 0.552. The number of hydrogen-bond acceptors (Lipinski definition) is 6. The summed E-state index contributed by atoms with van der Waals surface area (Å²) in [7, 11) is 0. The monoisotopic (exact) mass is 309 g/mol. The van der Waals surface area contributed by atoms with Gasteiger partial charge >= 0.3 is 0 Å². The number of nitrogens with zero attached hydrogens (tertiary/aromatic N) is 3. The van der Waals surface area contributed by atoms with Crippen LogP contribution >= 0.6 is 0 Å². The molecule has 23 heavy (non-hydrogen) atoms. The molecule has 2 aromatic heterocycles. The van der Waals surface area contributed by atoms with Gasteiger partial charge in [-0.3, -0.25) is 0 Å². The Morgan fingerprint density at radius 1 is 1.17 bits per heavy atom. The lowest BCUT2D eigenvalue weighted by molar-refractivity contribution is 0.751. The van der Waals surface area contributed by atoms with Crippen molar-refractivity contribution in [1.29, 1.82) is 0 Å². The molecule has 0 saturated heterocycles. The molecule has 0 unspecified atom stereocenters. The lowest BCUT2D eigenvalue weighted by Crippen LogP contribution is -2.16. The van der Waals surface area contributed by atoms with E-state index in [0.717, 1.165) is 17.0 Å². The first kappa shape index (κ1) is 13.8.